The molecule has 6 N–H and O–H groups in total. The number of hydrogen-bond donors (Lipinski definition) is 4. The van der Waals surface area contributed by atoms with E-state index in [4.69, 9.17) is 10.5 Å². The number of nitrogens with one attached hydrogen (secondary N) is 2. The fourth-order valence-corrected chi connectivity index (χ4v) is 6.46. The Morgan fingerprint density at radius 2 is 1.94 bits per heavy atom. The van der Waals surface area contributed by atoms with Crippen molar-refractivity contribution >= 4 is 42.5 Å². The van der Waals surface area contributed by atoms with Gasteiger partial charge in [0, 0.05) is 85.3 Å². The molecule has 3 amide bonds. The number of likely N-dealkylation sites (tertiary alicyclic amines) is 1. The van der Waals surface area contributed by atoms with Gasteiger partial charge in [-0.1, -0.05) is 36.1 Å². The molecule has 1 aromatic heterocycles. The van der Waals surface area contributed by atoms with Gasteiger partial charge in [0.15, 0.2) is 0 Å². The number of nitrogens with two attached hydrogens (primary N) is 2. The third-order valence-electron chi connectivity index (χ3n) is 9.15. The summed E-state index contributed by atoms with van der Waals surface area (Å²) in [5, 5.41) is 4.73. The zero-order valence-corrected chi connectivity index (χ0v) is 28.6. The molecule has 0 radical (unpaired) electrons. The molecule has 2 atom stereocenters. The van der Waals surface area contributed by atoms with E-state index in [1.807, 2.05) is 12.1 Å². The van der Waals surface area contributed by atoms with Gasteiger partial charge in [0.1, 0.15) is 12.3 Å². The summed E-state index contributed by atoms with van der Waals surface area (Å²) in [6.07, 6.45) is 9.25. The number of amides is 3. The number of anilines is 1. The van der Waals surface area contributed by atoms with Crippen LogP contribution in [0, 0.1) is 11.8 Å². The van der Waals surface area contributed by atoms with E-state index in [0.717, 1.165) is 53.2 Å². The van der Waals surface area contributed by atoms with Gasteiger partial charge >= 0.3 is 0 Å². The highest BCUT2D eigenvalue weighted by molar-refractivity contribution is 6.01. The Bertz CT molecular complexity index is 1810. The summed E-state index contributed by atoms with van der Waals surface area (Å²) in [4.78, 5) is 54.9. The fourth-order valence-electron chi connectivity index (χ4n) is 6.46. The summed E-state index contributed by atoms with van der Waals surface area (Å²) in [5.41, 5.74) is 15.9. The van der Waals surface area contributed by atoms with Gasteiger partial charge in [0.05, 0.1) is 0 Å². The van der Waals surface area contributed by atoms with Crippen LogP contribution in [0.1, 0.15) is 70.9 Å². The average molecular weight is 666 g/mol. The normalized spacial score (nSPS) is 16.7. The van der Waals surface area contributed by atoms with E-state index in [9.17, 15) is 14.4 Å². The second-order valence-electron chi connectivity index (χ2n) is 12.2. The van der Waals surface area contributed by atoms with Crippen molar-refractivity contribution in [2.45, 2.75) is 57.2 Å². The van der Waals surface area contributed by atoms with E-state index in [1.165, 1.54) is 31.1 Å². The molecule has 2 aliphatic heterocycles. The number of aromatic amines is 1. The Balaban J connectivity index is 0.00000174. The molecule has 2 aromatic carbocycles. The van der Waals surface area contributed by atoms with Crippen LogP contribution < -0.4 is 32.3 Å². The first kappa shape index (κ1) is 36.5. The van der Waals surface area contributed by atoms with E-state index >= 15 is 0 Å². The Hall–Kier alpha value is -5.34. The van der Waals surface area contributed by atoms with E-state index in [1.54, 1.807) is 17.2 Å². The number of nitrogens with zero attached hydrogens (tertiary/aromatic N) is 3. The van der Waals surface area contributed by atoms with Gasteiger partial charge in [-0.05, 0) is 80.7 Å². The number of aldehydes is 1. The Labute approximate surface area is 288 Å². The molecule has 2 aliphatic rings. The van der Waals surface area contributed by atoms with Crippen molar-refractivity contribution in [3.63, 3.8) is 0 Å². The number of carbonyl (C=O) groups is 4. The maximum Gasteiger partial charge on any atom is 0.255 e. The van der Waals surface area contributed by atoms with Crippen molar-refractivity contribution in [3.05, 3.63) is 87.0 Å². The van der Waals surface area contributed by atoms with Gasteiger partial charge in [-0.3, -0.25) is 19.3 Å². The van der Waals surface area contributed by atoms with Crippen molar-refractivity contribution in [1.29, 1.82) is 0 Å². The molecule has 3 aromatic rings. The Kier molecular flexibility index (Phi) is 13.2. The molecule has 5 rings (SSSR count). The molecule has 0 aliphatic carbocycles. The first-order chi connectivity index (χ1) is 23.8. The topological polar surface area (TPSA) is 158 Å². The maximum absolute atomic E-state index is 13.2. The van der Waals surface area contributed by atoms with Gasteiger partial charge in [0.2, 0.25) is 12.3 Å². The summed E-state index contributed by atoms with van der Waals surface area (Å²) < 4.78 is 0. The molecule has 49 heavy (non-hydrogen) atoms. The molecule has 0 saturated carbocycles. The fraction of sp³-hybridized carbons (Fsp3) is 0.368. The summed E-state index contributed by atoms with van der Waals surface area (Å²) in [7, 11) is 5.77. The summed E-state index contributed by atoms with van der Waals surface area (Å²) in [6.45, 7) is 2.17. The number of hydrogen-bond acceptors (Lipinski definition) is 7. The monoisotopic (exact) mass is 665 g/mol. The van der Waals surface area contributed by atoms with Crippen molar-refractivity contribution in [2.75, 3.05) is 39.1 Å². The molecule has 1 saturated heterocycles. The molecular formula is C38H47N7O4. The third kappa shape index (κ3) is 8.97. The zero-order chi connectivity index (χ0) is 35.3. The van der Waals surface area contributed by atoms with Crippen molar-refractivity contribution in [2.24, 2.45) is 11.5 Å². The van der Waals surface area contributed by atoms with Crippen LogP contribution in [0.2, 0.25) is 0 Å². The number of rotatable bonds is 11. The standard InChI is InChI=1S/C37H44N6O3.CH3NO/c1-39-36(45)35(13-8-22-44)43-25-31-27(10-6-11-30(31)37(43)46)9-4-5-20-41(2)29-17-14-26(15-18-29)16-19-32-28(24-38)23-33(40-32)34-12-7-21-42(34)3;2-1-3/h6,10-11,14-15,17-19,22-24,34-35,40H,5,7-8,12-13,16,20-21,25,38H2,1-3H3,(H,39,45);1H,(H2,2,3)/b28-24-,32-19+;. The summed E-state index contributed by atoms with van der Waals surface area (Å²) in [5.74, 6) is 6.06. The van der Waals surface area contributed by atoms with E-state index in [2.05, 4.69) is 88.2 Å². The third-order valence-corrected chi connectivity index (χ3v) is 9.15. The Morgan fingerprint density at radius 1 is 1.18 bits per heavy atom. The molecule has 11 heteroatoms. The lowest BCUT2D eigenvalue weighted by atomic mass is 10.0. The van der Waals surface area contributed by atoms with E-state index in [-0.39, 0.29) is 31.1 Å². The SMILES string of the molecule is CNC(=O)C(CCC=O)N1Cc2c(C#CCCN(C)c3ccc(C/C=c4/[nH]c(C5CCCN5C)c/c4=C/N)cc3)cccc2C1=O.NC=O. The molecule has 11 nitrogen and oxygen atoms in total. The molecular weight excluding hydrogens is 618 g/mol. The molecule has 0 spiro atoms. The van der Waals surface area contributed by atoms with Crippen LogP contribution in [0.4, 0.5) is 5.69 Å². The minimum absolute atomic E-state index is 0.202. The first-order valence-corrected chi connectivity index (χ1v) is 16.6. The molecule has 0 bridgehead atoms. The highest BCUT2D eigenvalue weighted by atomic mass is 16.2. The van der Waals surface area contributed by atoms with Crippen LogP contribution in [-0.2, 0) is 27.3 Å². The minimum Gasteiger partial charge on any atom is -0.404 e. The number of fused-ring (bicyclic) bond motifs is 1. The second-order valence-corrected chi connectivity index (χ2v) is 12.2. The van der Waals surface area contributed by atoms with Crippen LogP contribution in [0.5, 0.6) is 0 Å². The lowest BCUT2D eigenvalue weighted by Crippen LogP contribution is -2.46. The number of benzene rings is 2. The number of primary amides is 1. The average Bonchev–Trinajstić information content (AvgIpc) is 3.83. The number of likely N-dealkylation sites (N-methyl/N-ethyl adjacent to an activating group) is 1. The first-order valence-electron chi connectivity index (χ1n) is 16.6. The van der Waals surface area contributed by atoms with Crippen molar-refractivity contribution < 1.29 is 19.2 Å². The van der Waals surface area contributed by atoms with Crippen LogP contribution in [0.25, 0.3) is 12.3 Å². The highest BCUT2D eigenvalue weighted by Crippen LogP contribution is 2.29. The number of aromatic nitrogens is 1. The van der Waals surface area contributed by atoms with E-state index in [0.29, 0.717) is 24.6 Å². The smallest absolute Gasteiger partial charge is 0.255 e. The van der Waals surface area contributed by atoms with Gasteiger partial charge in [-0.2, -0.15) is 0 Å². The minimum atomic E-state index is -0.694. The lowest BCUT2D eigenvalue weighted by Gasteiger charge is -2.25. The van der Waals surface area contributed by atoms with Crippen molar-refractivity contribution in [1.82, 2.24) is 20.1 Å². The maximum atomic E-state index is 13.2. The van der Waals surface area contributed by atoms with Crippen LogP contribution in [0.3, 0.4) is 0 Å². The highest BCUT2D eigenvalue weighted by Gasteiger charge is 2.36. The van der Waals surface area contributed by atoms with Gasteiger partial charge in [-0.15, -0.1) is 0 Å². The lowest BCUT2D eigenvalue weighted by molar-refractivity contribution is -0.125. The van der Waals surface area contributed by atoms with Crippen LogP contribution in [0.15, 0.2) is 48.5 Å². The quantitative estimate of drug-likeness (QED) is 0.179. The largest absolute Gasteiger partial charge is 0.404 e. The van der Waals surface area contributed by atoms with Crippen LogP contribution in [-0.4, -0.2) is 79.6 Å². The van der Waals surface area contributed by atoms with Crippen molar-refractivity contribution in [3.8, 4) is 11.8 Å². The predicted octanol–water partition coefficient (Wildman–Crippen LogP) is 1.53. The Morgan fingerprint density at radius 3 is 2.59 bits per heavy atom. The number of H-pyrrole nitrogens is 1. The van der Waals surface area contributed by atoms with E-state index < -0.39 is 6.04 Å². The summed E-state index contributed by atoms with van der Waals surface area (Å²) in [6, 6.07) is 16.0. The van der Waals surface area contributed by atoms with Gasteiger partial charge < -0.3 is 36.4 Å². The number of carbonyl (C=O) groups excluding carboxylic acids is 4. The van der Waals surface area contributed by atoms with Gasteiger partial charge in [0.25, 0.3) is 5.91 Å². The molecule has 1 fully saturated rings. The second kappa shape index (κ2) is 17.7. The molecule has 258 valence electrons. The van der Waals surface area contributed by atoms with Crippen LogP contribution >= 0.6 is 0 Å². The predicted molar refractivity (Wildman–Crippen MR) is 192 cm³/mol. The molecule has 3 heterocycles. The molecule has 2 unspecified atom stereocenters. The summed E-state index contributed by atoms with van der Waals surface area (Å²) >= 11 is 0. The zero-order valence-electron chi connectivity index (χ0n) is 28.6. The van der Waals surface area contributed by atoms with Gasteiger partial charge in [-0.25, -0.2) is 0 Å².